The molecule has 72 valence electrons. The van der Waals surface area contributed by atoms with E-state index in [2.05, 4.69) is 49.3 Å². The van der Waals surface area contributed by atoms with Crippen LogP contribution in [0.1, 0.15) is 20.3 Å². The van der Waals surface area contributed by atoms with Crippen molar-refractivity contribution in [3.05, 3.63) is 0 Å². The van der Waals surface area contributed by atoms with Gasteiger partial charge in [0.1, 0.15) is 0 Å². The van der Waals surface area contributed by atoms with Crippen LogP contribution in [0.2, 0.25) is 0 Å². The molecule has 12 heavy (non-hydrogen) atoms. The lowest BCUT2D eigenvalue weighted by atomic mass is 10.2. The van der Waals surface area contributed by atoms with Crippen molar-refractivity contribution in [2.45, 2.75) is 37.1 Å². The Kier molecular flexibility index (Phi) is 4.23. The molecule has 1 saturated heterocycles. The van der Waals surface area contributed by atoms with Crippen molar-refractivity contribution in [3.8, 4) is 0 Å². The number of rotatable bonds is 3. The standard InChI is InChI=1S/C8H18N2S2/c1-6(2)9-7-3-4-10(5-7)8(11)12/h6-9,11-12H,3-5H2,1-2H3. The molecule has 0 saturated carbocycles. The van der Waals surface area contributed by atoms with Gasteiger partial charge in [0.2, 0.25) is 0 Å². The monoisotopic (exact) mass is 206 g/mol. The third-order valence-corrected chi connectivity index (χ3v) is 2.77. The summed E-state index contributed by atoms with van der Waals surface area (Å²) in [5.74, 6) is 0. The Morgan fingerprint density at radius 1 is 1.42 bits per heavy atom. The molecule has 0 aromatic carbocycles. The van der Waals surface area contributed by atoms with E-state index >= 15 is 0 Å². The Labute approximate surface area is 85.9 Å². The molecule has 0 spiro atoms. The predicted octanol–water partition coefficient (Wildman–Crippen LogP) is 1.20. The van der Waals surface area contributed by atoms with Crippen molar-refractivity contribution in [2.24, 2.45) is 0 Å². The number of thiol groups is 2. The van der Waals surface area contributed by atoms with Crippen molar-refractivity contribution in [2.75, 3.05) is 13.1 Å². The molecule has 0 radical (unpaired) electrons. The van der Waals surface area contributed by atoms with Crippen LogP contribution in [0.25, 0.3) is 0 Å². The number of hydrogen-bond donors (Lipinski definition) is 3. The highest BCUT2D eigenvalue weighted by molar-refractivity contribution is 7.99. The average Bonchev–Trinajstić information content (AvgIpc) is 2.34. The lowest BCUT2D eigenvalue weighted by Crippen LogP contribution is -2.37. The van der Waals surface area contributed by atoms with Crippen molar-refractivity contribution in [3.63, 3.8) is 0 Å². The summed E-state index contributed by atoms with van der Waals surface area (Å²) in [6.07, 6.45) is 1.22. The molecule has 0 aliphatic carbocycles. The lowest BCUT2D eigenvalue weighted by molar-refractivity contribution is 0.361. The summed E-state index contributed by atoms with van der Waals surface area (Å²) in [7, 11) is 0. The zero-order valence-corrected chi connectivity index (χ0v) is 9.48. The van der Waals surface area contributed by atoms with Crippen molar-refractivity contribution in [1.29, 1.82) is 0 Å². The number of nitrogens with zero attached hydrogens (tertiary/aromatic N) is 1. The summed E-state index contributed by atoms with van der Waals surface area (Å²) < 4.78 is 0.101. The van der Waals surface area contributed by atoms with Gasteiger partial charge in [0.15, 0.2) is 0 Å². The third-order valence-electron chi connectivity index (χ3n) is 2.12. The maximum atomic E-state index is 4.29. The minimum atomic E-state index is 0.101. The van der Waals surface area contributed by atoms with E-state index in [1.807, 2.05) is 0 Å². The largest absolute Gasteiger partial charge is 0.310 e. The average molecular weight is 206 g/mol. The first-order chi connectivity index (χ1) is 5.59. The Morgan fingerprint density at radius 3 is 2.50 bits per heavy atom. The molecule has 1 atom stereocenters. The van der Waals surface area contributed by atoms with Gasteiger partial charge in [0.25, 0.3) is 0 Å². The van der Waals surface area contributed by atoms with E-state index in [9.17, 15) is 0 Å². The van der Waals surface area contributed by atoms with Gasteiger partial charge in [-0.1, -0.05) is 13.8 Å². The highest BCUT2D eigenvalue weighted by Crippen LogP contribution is 2.17. The van der Waals surface area contributed by atoms with Crippen LogP contribution in [0.3, 0.4) is 0 Å². The van der Waals surface area contributed by atoms with E-state index in [0.29, 0.717) is 12.1 Å². The van der Waals surface area contributed by atoms with E-state index in [4.69, 9.17) is 0 Å². The second kappa shape index (κ2) is 4.74. The van der Waals surface area contributed by atoms with Crippen LogP contribution >= 0.6 is 25.3 Å². The smallest absolute Gasteiger partial charge is 0.0970 e. The Hall–Kier alpha value is 0.620. The van der Waals surface area contributed by atoms with Crippen molar-refractivity contribution in [1.82, 2.24) is 10.2 Å². The molecule has 4 heteroatoms. The van der Waals surface area contributed by atoms with Crippen LogP contribution in [0, 0.1) is 0 Å². The fourth-order valence-electron chi connectivity index (χ4n) is 1.60. The maximum Gasteiger partial charge on any atom is 0.0970 e. The van der Waals surface area contributed by atoms with Gasteiger partial charge in [-0.15, -0.1) is 25.3 Å². The number of hydrogen-bond acceptors (Lipinski definition) is 4. The highest BCUT2D eigenvalue weighted by atomic mass is 32.2. The molecule has 0 amide bonds. The molecular formula is C8H18N2S2. The molecule has 1 aliphatic rings. The Bertz CT molecular complexity index is 139. The summed E-state index contributed by atoms with van der Waals surface area (Å²) in [4.78, 5) is 2.27. The van der Waals surface area contributed by atoms with Crippen molar-refractivity contribution >= 4 is 25.3 Å². The fraction of sp³-hybridized carbons (Fsp3) is 1.00. The van der Waals surface area contributed by atoms with E-state index in [1.165, 1.54) is 6.42 Å². The Balaban J connectivity index is 2.26. The quantitative estimate of drug-likeness (QED) is 0.475. The summed E-state index contributed by atoms with van der Waals surface area (Å²) >= 11 is 8.57. The van der Waals surface area contributed by atoms with Gasteiger partial charge in [-0.2, -0.15) is 0 Å². The molecule has 0 aromatic rings. The SMILES string of the molecule is CC(C)NC1CCN(C(S)S)C1. The molecule has 1 unspecified atom stereocenters. The van der Waals surface area contributed by atoms with Gasteiger partial charge < -0.3 is 5.32 Å². The molecule has 1 rings (SSSR count). The van der Waals surface area contributed by atoms with E-state index in [0.717, 1.165) is 13.1 Å². The van der Waals surface area contributed by atoms with E-state index < -0.39 is 0 Å². The molecule has 1 N–H and O–H groups in total. The van der Waals surface area contributed by atoms with Crippen LogP contribution in [0.5, 0.6) is 0 Å². The fourth-order valence-corrected chi connectivity index (χ4v) is 2.02. The van der Waals surface area contributed by atoms with Gasteiger partial charge in [0.05, 0.1) is 4.71 Å². The van der Waals surface area contributed by atoms with Crippen LogP contribution in [0.15, 0.2) is 0 Å². The highest BCUT2D eigenvalue weighted by Gasteiger charge is 2.24. The Morgan fingerprint density at radius 2 is 2.08 bits per heavy atom. The zero-order chi connectivity index (χ0) is 9.14. The number of nitrogens with one attached hydrogen (secondary N) is 1. The minimum absolute atomic E-state index is 0.101. The third kappa shape index (κ3) is 3.17. The molecule has 0 aromatic heterocycles. The summed E-state index contributed by atoms with van der Waals surface area (Å²) in [5.41, 5.74) is 0. The van der Waals surface area contributed by atoms with Gasteiger partial charge in [-0.25, -0.2) is 0 Å². The van der Waals surface area contributed by atoms with Gasteiger partial charge >= 0.3 is 0 Å². The molecule has 1 heterocycles. The van der Waals surface area contributed by atoms with E-state index in [-0.39, 0.29) is 4.71 Å². The topological polar surface area (TPSA) is 15.3 Å². The second-order valence-electron chi connectivity index (χ2n) is 3.65. The zero-order valence-electron chi connectivity index (χ0n) is 7.70. The summed E-state index contributed by atoms with van der Waals surface area (Å²) in [6, 6.07) is 1.21. The first kappa shape index (κ1) is 10.7. The first-order valence-electron chi connectivity index (χ1n) is 4.46. The van der Waals surface area contributed by atoms with Gasteiger partial charge in [0, 0.05) is 25.2 Å². The second-order valence-corrected chi connectivity index (χ2v) is 5.03. The van der Waals surface area contributed by atoms with Gasteiger partial charge in [-0.05, 0) is 6.42 Å². The van der Waals surface area contributed by atoms with Crippen molar-refractivity contribution < 1.29 is 0 Å². The normalized spacial score (nSPS) is 26.0. The van der Waals surface area contributed by atoms with Gasteiger partial charge in [-0.3, -0.25) is 4.90 Å². The predicted molar refractivity (Wildman–Crippen MR) is 60.0 cm³/mol. The summed E-state index contributed by atoms with van der Waals surface area (Å²) in [6.45, 7) is 6.56. The molecule has 1 aliphatic heterocycles. The molecular weight excluding hydrogens is 188 g/mol. The van der Waals surface area contributed by atoms with Crippen LogP contribution in [-0.4, -0.2) is 34.8 Å². The van der Waals surface area contributed by atoms with E-state index in [1.54, 1.807) is 0 Å². The molecule has 0 bridgehead atoms. The summed E-state index contributed by atoms with van der Waals surface area (Å²) in [5, 5.41) is 3.52. The van der Waals surface area contributed by atoms with Crippen LogP contribution in [-0.2, 0) is 0 Å². The van der Waals surface area contributed by atoms with Crippen LogP contribution in [0.4, 0.5) is 0 Å². The lowest BCUT2D eigenvalue weighted by Gasteiger charge is -2.20. The maximum absolute atomic E-state index is 4.29. The minimum Gasteiger partial charge on any atom is -0.310 e. The molecule has 2 nitrogen and oxygen atoms in total. The molecule has 1 fully saturated rings. The first-order valence-corrected chi connectivity index (χ1v) is 5.49. The van der Waals surface area contributed by atoms with Crippen LogP contribution < -0.4 is 5.32 Å². The number of likely N-dealkylation sites (tertiary alicyclic amines) is 1.